The lowest BCUT2D eigenvalue weighted by atomic mass is 10.1. The van der Waals surface area contributed by atoms with Crippen molar-refractivity contribution < 1.29 is 22.4 Å². The molecule has 178 valence electrons. The zero-order valence-corrected chi connectivity index (χ0v) is 19.7. The van der Waals surface area contributed by atoms with Gasteiger partial charge in [-0.1, -0.05) is 12.1 Å². The molecule has 1 aromatic heterocycles. The smallest absolute Gasteiger partial charge is 0.251 e. The lowest BCUT2D eigenvalue weighted by Crippen LogP contribution is -2.45. The summed E-state index contributed by atoms with van der Waals surface area (Å²) in [6.07, 6.45) is 4.18. The molecule has 1 aliphatic heterocycles. The summed E-state index contributed by atoms with van der Waals surface area (Å²) in [4.78, 5) is 29.1. The molecular weight excluding hydrogens is 442 g/mol. The fraction of sp³-hybridized carbons (Fsp3) is 0.500. The molecule has 2 fully saturated rings. The van der Waals surface area contributed by atoms with Gasteiger partial charge in [0.05, 0.1) is 30.9 Å². The van der Waals surface area contributed by atoms with E-state index in [9.17, 15) is 18.0 Å². The van der Waals surface area contributed by atoms with Crippen LogP contribution in [0, 0.1) is 0 Å². The molecule has 1 saturated heterocycles. The fourth-order valence-corrected chi connectivity index (χ4v) is 5.98. The van der Waals surface area contributed by atoms with Crippen LogP contribution < -0.4 is 5.32 Å². The first-order valence-electron chi connectivity index (χ1n) is 11.5. The van der Waals surface area contributed by atoms with E-state index in [-0.39, 0.29) is 35.9 Å². The van der Waals surface area contributed by atoms with Crippen LogP contribution in [0.4, 0.5) is 0 Å². The van der Waals surface area contributed by atoms with Crippen LogP contribution in [-0.4, -0.2) is 66.7 Å². The van der Waals surface area contributed by atoms with Gasteiger partial charge in [0.2, 0.25) is 5.91 Å². The molecule has 0 unspecified atom stereocenters. The summed E-state index contributed by atoms with van der Waals surface area (Å²) in [5, 5.41) is 2.98. The average molecular weight is 474 g/mol. The van der Waals surface area contributed by atoms with Crippen LogP contribution in [0.3, 0.4) is 0 Å². The molecular formula is C24H31N3O5S. The number of amides is 2. The molecule has 0 spiro atoms. The van der Waals surface area contributed by atoms with Crippen LogP contribution in [0.2, 0.25) is 0 Å². The van der Waals surface area contributed by atoms with Gasteiger partial charge < -0.3 is 14.6 Å². The van der Waals surface area contributed by atoms with E-state index in [4.69, 9.17) is 4.42 Å². The Kier molecular flexibility index (Phi) is 7.19. The number of hydrogen-bond acceptors (Lipinski definition) is 6. The van der Waals surface area contributed by atoms with E-state index >= 15 is 0 Å². The molecule has 9 heteroatoms. The second-order valence-corrected chi connectivity index (χ2v) is 11.1. The third-order valence-electron chi connectivity index (χ3n) is 6.16. The summed E-state index contributed by atoms with van der Waals surface area (Å²) < 4.78 is 29.3. The van der Waals surface area contributed by atoms with Gasteiger partial charge in [0.1, 0.15) is 5.76 Å². The number of carbonyl (C=O) groups is 2. The lowest BCUT2D eigenvalue weighted by molar-refractivity contribution is -0.134. The van der Waals surface area contributed by atoms with Gasteiger partial charge in [-0.15, -0.1) is 0 Å². The van der Waals surface area contributed by atoms with Gasteiger partial charge in [0.25, 0.3) is 5.91 Å². The SMILES string of the molecule is CCN(C(=O)CN(Cc1ccc(C(=O)NC2CC2)cc1)Cc1ccco1)[C@@H]1CCS(=O)(=O)C1. The number of carbonyl (C=O) groups excluding carboxylic acids is 2. The Morgan fingerprint density at radius 1 is 1.09 bits per heavy atom. The summed E-state index contributed by atoms with van der Waals surface area (Å²) in [6.45, 7) is 3.44. The number of rotatable bonds is 10. The predicted molar refractivity (Wildman–Crippen MR) is 124 cm³/mol. The first-order chi connectivity index (χ1) is 15.8. The summed E-state index contributed by atoms with van der Waals surface area (Å²) in [5.41, 5.74) is 1.60. The zero-order chi connectivity index (χ0) is 23.4. The van der Waals surface area contributed by atoms with Crippen LogP contribution >= 0.6 is 0 Å². The van der Waals surface area contributed by atoms with E-state index in [0.717, 1.165) is 24.2 Å². The number of hydrogen-bond donors (Lipinski definition) is 1. The van der Waals surface area contributed by atoms with Gasteiger partial charge in [-0.25, -0.2) is 8.42 Å². The van der Waals surface area contributed by atoms with Crippen molar-refractivity contribution in [1.29, 1.82) is 0 Å². The Bertz CT molecular complexity index is 1060. The molecule has 33 heavy (non-hydrogen) atoms. The first kappa shape index (κ1) is 23.5. The number of benzene rings is 1. The zero-order valence-electron chi connectivity index (χ0n) is 18.9. The number of nitrogens with zero attached hydrogens (tertiary/aromatic N) is 2. The van der Waals surface area contributed by atoms with Crippen molar-refractivity contribution in [1.82, 2.24) is 15.1 Å². The van der Waals surface area contributed by atoms with Crippen LogP contribution in [0.5, 0.6) is 0 Å². The second-order valence-electron chi connectivity index (χ2n) is 8.91. The normalized spacial score (nSPS) is 19.5. The molecule has 1 N–H and O–H groups in total. The van der Waals surface area contributed by atoms with Gasteiger partial charge in [-0.2, -0.15) is 0 Å². The van der Waals surface area contributed by atoms with Crippen molar-refractivity contribution in [2.45, 2.75) is 51.4 Å². The van der Waals surface area contributed by atoms with Crippen LogP contribution in [-0.2, 0) is 27.7 Å². The Morgan fingerprint density at radius 3 is 2.42 bits per heavy atom. The van der Waals surface area contributed by atoms with E-state index in [1.165, 1.54) is 0 Å². The molecule has 4 rings (SSSR count). The minimum Gasteiger partial charge on any atom is -0.468 e. The highest BCUT2D eigenvalue weighted by molar-refractivity contribution is 7.91. The number of nitrogens with one attached hydrogen (secondary N) is 1. The van der Waals surface area contributed by atoms with E-state index < -0.39 is 9.84 Å². The van der Waals surface area contributed by atoms with Gasteiger partial charge >= 0.3 is 0 Å². The first-order valence-corrected chi connectivity index (χ1v) is 13.3. The van der Waals surface area contributed by atoms with Crippen molar-refractivity contribution in [3.63, 3.8) is 0 Å². The quantitative estimate of drug-likeness (QED) is 0.568. The largest absolute Gasteiger partial charge is 0.468 e. The molecule has 1 saturated carbocycles. The summed E-state index contributed by atoms with van der Waals surface area (Å²) in [6, 6.07) is 11.1. The Labute approximate surface area is 194 Å². The fourth-order valence-electron chi connectivity index (χ4n) is 4.25. The molecule has 2 heterocycles. The molecule has 8 nitrogen and oxygen atoms in total. The van der Waals surface area contributed by atoms with Crippen molar-refractivity contribution in [3.8, 4) is 0 Å². The molecule has 1 aromatic carbocycles. The predicted octanol–water partition coefficient (Wildman–Crippen LogP) is 2.21. The summed E-state index contributed by atoms with van der Waals surface area (Å²) in [7, 11) is -3.07. The maximum atomic E-state index is 13.2. The van der Waals surface area contributed by atoms with E-state index in [0.29, 0.717) is 37.7 Å². The molecule has 1 aliphatic carbocycles. The van der Waals surface area contributed by atoms with E-state index in [1.54, 1.807) is 11.2 Å². The maximum absolute atomic E-state index is 13.2. The second kappa shape index (κ2) is 10.1. The number of furan rings is 1. The van der Waals surface area contributed by atoms with Crippen molar-refractivity contribution in [2.24, 2.45) is 0 Å². The minimum absolute atomic E-state index is 0.0369. The van der Waals surface area contributed by atoms with Crippen molar-refractivity contribution in [3.05, 3.63) is 59.5 Å². The molecule has 2 aromatic rings. The van der Waals surface area contributed by atoms with Gasteiger partial charge in [0, 0.05) is 30.7 Å². The molecule has 2 amide bonds. The van der Waals surface area contributed by atoms with Crippen LogP contribution in [0.15, 0.2) is 47.1 Å². The Morgan fingerprint density at radius 2 is 1.85 bits per heavy atom. The summed E-state index contributed by atoms with van der Waals surface area (Å²) >= 11 is 0. The Hall–Kier alpha value is -2.65. The van der Waals surface area contributed by atoms with Crippen molar-refractivity contribution in [2.75, 3.05) is 24.6 Å². The minimum atomic E-state index is -3.07. The van der Waals surface area contributed by atoms with Gasteiger partial charge in [-0.3, -0.25) is 14.5 Å². The highest BCUT2D eigenvalue weighted by atomic mass is 32.2. The standard InChI is InChI=1S/C24H31N3O5S/c1-2-27(21-11-13-33(30,31)17-21)23(28)16-26(15-22-4-3-12-32-22)14-18-5-7-19(8-6-18)24(29)25-20-9-10-20/h3-8,12,20-21H,2,9-11,13-17H2,1H3,(H,25,29)/t21-/m1/s1. The molecule has 2 aliphatic rings. The number of sulfone groups is 1. The third-order valence-corrected chi connectivity index (χ3v) is 7.91. The molecule has 0 radical (unpaired) electrons. The van der Waals surface area contributed by atoms with Gasteiger partial charge in [0.15, 0.2) is 9.84 Å². The highest BCUT2D eigenvalue weighted by Crippen LogP contribution is 2.20. The Balaban J connectivity index is 1.43. The molecule has 0 bridgehead atoms. The van der Waals surface area contributed by atoms with E-state index in [2.05, 4.69) is 5.32 Å². The summed E-state index contributed by atoms with van der Waals surface area (Å²) in [5.74, 6) is 0.769. The maximum Gasteiger partial charge on any atom is 0.251 e. The molecule has 1 atom stereocenters. The average Bonchev–Trinajstić information content (AvgIpc) is 3.30. The lowest BCUT2D eigenvalue weighted by Gasteiger charge is -2.30. The van der Waals surface area contributed by atoms with E-state index in [1.807, 2.05) is 48.2 Å². The van der Waals surface area contributed by atoms with Crippen molar-refractivity contribution >= 4 is 21.7 Å². The highest BCUT2D eigenvalue weighted by Gasteiger charge is 2.34. The monoisotopic (exact) mass is 473 g/mol. The van der Waals surface area contributed by atoms with Crippen LogP contribution in [0.1, 0.15) is 47.9 Å². The van der Waals surface area contributed by atoms with Crippen LogP contribution in [0.25, 0.3) is 0 Å². The third kappa shape index (κ3) is 6.45. The topological polar surface area (TPSA) is 99.9 Å². The number of likely N-dealkylation sites (N-methyl/N-ethyl adjacent to an activating group) is 1. The van der Waals surface area contributed by atoms with Gasteiger partial charge in [-0.05, 0) is 56.0 Å².